The summed E-state index contributed by atoms with van der Waals surface area (Å²) in [6.07, 6.45) is 6.41. The summed E-state index contributed by atoms with van der Waals surface area (Å²) in [5.74, 6) is 1.48. The van der Waals surface area contributed by atoms with Crippen LogP contribution in [-0.4, -0.2) is 64.9 Å². The van der Waals surface area contributed by atoms with Gasteiger partial charge in [0.15, 0.2) is 0 Å². The molecule has 1 aromatic heterocycles. The Balaban J connectivity index is 1.48. The summed E-state index contributed by atoms with van der Waals surface area (Å²) in [4.78, 5) is 4.94. The number of halogens is 1. The van der Waals surface area contributed by atoms with E-state index in [4.69, 9.17) is 4.74 Å². The number of likely N-dealkylation sites (tertiary alicyclic amines) is 1. The van der Waals surface area contributed by atoms with Crippen LogP contribution in [0.3, 0.4) is 0 Å². The first-order valence-electron chi connectivity index (χ1n) is 11.8. The zero-order chi connectivity index (χ0) is 22.8. The molecule has 0 spiro atoms. The normalized spacial score (nSPS) is 23.2. The van der Waals surface area contributed by atoms with Gasteiger partial charge >= 0.3 is 0 Å². The molecule has 2 aliphatic rings. The van der Waals surface area contributed by atoms with Gasteiger partial charge in [-0.3, -0.25) is 0 Å². The van der Waals surface area contributed by atoms with Crippen molar-refractivity contribution in [1.29, 1.82) is 0 Å². The third kappa shape index (κ3) is 4.44. The Morgan fingerprint density at radius 3 is 2.58 bits per heavy atom. The van der Waals surface area contributed by atoms with Crippen molar-refractivity contribution >= 4 is 5.69 Å². The summed E-state index contributed by atoms with van der Waals surface area (Å²) >= 11 is 0. The highest BCUT2D eigenvalue weighted by Crippen LogP contribution is 2.45. The number of nitrogens with zero attached hydrogens (tertiary/aromatic N) is 6. The van der Waals surface area contributed by atoms with E-state index in [1.807, 2.05) is 24.3 Å². The third-order valence-electron chi connectivity index (χ3n) is 7.36. The second-order valence-corrected chi connectivity index (χ2v) is 9.21. The van der Waals surface area contributed by atoms with Gasteiger partial charge in [-0.15, -0.1) is 5.10 Å². The zero-order valence-corrected chi connectivity index (χ0v) is 19.3. The van der Waals surface area contributed by atoms with Crippen molar-refractivity contribution in [2.24, 2.45) is 5.92 Å². The minimum atomic E-state index is -0.187. The molecule has 2 fully saturated rings. The molecule has 5 rings (SSSR count). The Morgan fingerprint density at radius 1 is 1.09 bits per heavy atom. The fourth-order valence-electron chi connectivity index (χ4n) is 5.73. The molecule has 1 saturated carbocycles. The Bertz CT molecular complexity index is 1050. The number of hydrogen-bond acceptors (Lipinski definition) is 6. The molecule has 0 N–H and O–H groups in total. The molecule has 0 amide bonds. The fourth-order valence-corrected chi connectivity index (χ4v) is 5.73. The molecule has 8 heteroatoms. The second-order valence-electron chi connectivity index (χ2n) is 9.21. The highest BCUT2D eigenvalue weighted by atomic mass is 19.1. The quantitative estimate of drug-likeness (QED) is 0.544. The minimum absolute atomic E-state index is 0.187. The van der Waals surface area contributed by atoms with Crippen LogP contribution in [0, 0.1) is 11.7 Å². The van der Waals surface area contributed by atoms with E-state index in [1.165, 1.54) is 31.5 Å². The highest BCUT2D eigenvalue weighted by molar-refractivity contribution is 5.63. The standard InChI is InChI=1S/C25H31FN6O/c1-30(23-15-21(10-12-24(23)33-2)32-17-27-28-29-32)22-11-7-19(16-31-13-3-4-14-31)25(22)18-5-8-20(26)9-6-18/h5-6,8-10,12,15,17,19,22,25H,3-4,7,11,13-14,16H2,1-2H3/t19-,22-,25-/m0/s1. The molecule has 1 aliphatic heterocycles. The number of hydrogen-bond donors (Lipinski definition) is 0. The SMILES string of the molecule is COc1ccc(-n2cnnn2)cc1N(C)[C@H]1CC[C@@H](CN2CCCC2)[C@@H]1c1ccc(F)cc1. The molecule has 1 saturated heterocycles. The van der Waals surface area contributed by atoms with Gasteiger partial charge in [-0.25, -0.2) is 9.07 Å². The molecule has 2 aromatic carbocycles. The van der Waals surface area contributed by atoms with Crippen molar-refractivity contribution in [2.45, 2.75) is 37.6 Å². The van der Waals surface area contributed by atoms with Crippen LogP contribution in [0.1, 0.15) is 37.2 Å². The van der Waals surface area contributed by atoms with Gasteiger partial charge in [-0.2, -0.15) is 0 Å². The first-order chi connectivity index (χ1) is 16.1. The average molecular weight is 451 g/mol. The van der Waals surface area contributed by atoms with Crippen LogP contribution in [0.5, 0.6) is 5.75 Å². The van der Waals surface area contributed by atoms with Gasteiger partial charge in [0.2, 0.25) is 0 Å². The highest BCUT2D eigenvalue weighted by Gasteiger charge is 2.41. The number of methoxy groups -OCH3 is 1. The van der Waals surface area contributed by atoms with E-state index in [0.717, 1.165) is 36.5 Å². The monoisotopic (exact) mass is 450 g/mol. The minimum Gasteiger partial charge on any atom is -0.495 e. The maximum absolute atomic E-state index is 13.7. The number of aromatic nitrogens is 4. The van der Waals surface area contributed by atoms with Crippen molar-refractivity contribution in [3.63, 3.8) is 0 Å². The molecule has 0 unspecified atom stereocenters. The van der Waals surface area contributed by atoms with Crippen molar-refractivity contribution in [1.82, 2.24) is 25.1 Å². The topological polar surface area (TPSA) is 59.3 Å². The Morgan fingerprint density at radius 2 is 1.88 bits per heavy atom. The van der Waals surface area contributed by atoms with Gasteiger partial charge < -0.3 is 14.5 Å². The molecular weight excluding hydrogens is 419 g/mol. The van der Waals surface area contributed by atoms with Crippen LogP contribution in [0.4, 0.5) is 10.1 Å². The molecule has 1 aliphatic carbocycles. The molecular formula is C25H31FN6O. The van der Waals surface area contributed by atoms with E-state index in [0.29, 0.717) is 11.8 Å². The lowest BCUT2D eigenvalue weighted by atomic mass is 9.85. The molecule has 3 aromatic rings. The molecule has 3 atom stereocenters. The van der Waals surface area contributed by atoms with Crippen LogP contribution < -0.4 is 9.64 Å². The summed E-state index contributed by atoms with van der Waals surface area (Å²) < 4.78 is 21.1. The molecule has 0 bridgehead atoms. The lowest BCUT2D eigenvalue weighted by Crippen LogP contribution is -2.37. The number of ether oxygens (including phenoxy) is 1. The average Bonchev–Trinajstić information content (AvgIpc) is 3.62. The van der Waals surface area contributed by atoms with Gasteiger partial charge in [-0.1, -0.05) is 12.1 Å². The maximum atomic E-state index is 13.7. The van der Waals surface area contributed by atoms with Crippen LogP contribution in [-0.2, 0) is 0 Å². The van der Waals surface area contributed by atoms with Gasteiger partial charge in [0.05, 0.1) is 18.5 Å². The molecule has 2 heterocycles. The van der Waals surface area contributed by atoms with Gasteiger partial charge in [0, 0.05) is 25.6 Å². The number of benzene rings is 2. The zero-order valence-electron chi connectivity index (χ0n) is 19.3. The third-order valence-corrected chi connectivity index (χ3v) is 7.36. The predicted molar refractivity (Wildman–Crippen MR) is 125 cm³/mol. The Kier molecular flexibility index (Phi) is 6.26. The summed E-state index contributed by atoms with van der Waals surface area (Å²) in [5.41, 5.74) is 3.10. The summed E-state index contributed by atoms with van der Waals surface area (Å²) in [7, 11) is 3.84. The van der Waals surface area contributed by atoms with Gasteiger partial charge in [0.25, 0.3) is 0 Å². The van der Waals surface area contributed by atoms with Crippen LogP contribution in [0.25, 0.3) is 5.69 Å². The van der Waals surface area contributed by atoms with Crippen molar-refractivity contribution in [2.75, 3.05) is 38.7 Å². The van der Waals surface area contributed by atoms with Crippen LogP contribution in [0.15, 0.2) is 48.8 Å². The Labute approximate surface area is 194 Å². The van der Waals surface area contributed by atoms with Crippen LogP contribution in [0.2, 0.25) is 0 Å². The first kappa shape index (κ1) is 21.8. The summed E-state index contributed by atoms with van der Waals surface area (Å²) in [6, 6.07) is 13.4. The maximum Gasteiger partial charge on any atom is 0.143 e. The van der Waals surface area contributed by atoms with Gasteiger partial charge in [0.1, 0.15) is 17.9 Å². The molecule has 0 radical (unpaired) electrons. The lowest BCUT2D eigenvalue weighted by molar-refractivity contribution is 0.263. The fraction of sp³-hybridized carbons (Fsp3) is 0.480. The van der Waals surface area contributed by atoms with E-state index in [9.17, 15) is 4.39 Å². The smallest absolute Gasteiger partial charge is 0.143 e. The second kappa shape index (κ2) is 9.47. The van der Waals surface area contributed by atoms with E-state index in [-0.39, 0.29) is 11.9 Å². The number of anilines is 1. The number of rotatable bonds is 7. The predicted octanol–water partition coefficient (Wildman–Crippen LogP) is 3.90. The van der Waals surface area contributed by atoms with Crippen molar-refractivity contribution in [3.8, 4) is 11.4 Å². The lowest BCUT2D eigenvalue weighted by Gasteiger charge is -2.35. The van der Waals surface area contributed by atoms with E-state index in [2.05, 4.69) is 38.4 Å². The molecule has 174 valence electrons. The van der Waals surface area contributed by atoms with Crippen LogP contribution >= 0.6 is 0 Å². The number of likely N-dealkylation sites (N-methyl/N-ethyl adjacent to an activating group) is 1. The van der Waals surface area contributed by atoms with Crippen molar-refractivity contribution < 1.29 is 9.13 Å². The van der Waals surface area contributed by atoms with Crippen molar-refractivity contribution in [3.05, 3.63) is 60.2 Å². The summed E-state index contributed by atoms with van der Waals surface area (Å²) in [5, 5.41) is 11.6. The Hall–Kier alpha value is -3.00. The summed E-state index contributed by atoms with van der Waals surface area (Å²) in [6.45, 7) is 3.48. The molecule has 33 heavy (non-hydrogen) atoms. The number of tetrazole rings is 1. The van der Waals surface area contributed by atoms with E-state index < -0.39 is 0 Å². The first-order valence-corrected chi connectivity index (χ1v) is 11.8. The van der Waals surface area contributed by atoms with Gasteiger partial charge in [-0.05, 0) is 91.0 Å². The molecule has 7 nitrogen and oxygen atoms in total. The van der Waals surface area contributed by atoms with E-state index >= 15 is 0 Å². The largest absolute Gasteiger partial charge is 0.495 e. The van der Waals surface area contributed by atoms with E-state index in [1.54, 1.807) is 30.3 Å².